The molecule has 10 heavy (non-hydrogen) atoms. The summed E-state index contributed by atoms with van der Waals surface area (Å²) < 4.78 is 0. The number of aliphatic hydroxyl groups excluding tert-OH is 1. The first-order chi connectivity index (χ1) is 4.70. The highest BCUT2D eigenvalue weighted by atomic mass is 16.3. The summed E-state index contributed by atoms with van der Waals surface area (Å²) in [6, 6.07) is 0. The van der Waals surface area contributed by atoms with Crippen LogP contribution in [-0.4, -0.2) is 17.9 Å². The van der Waals surface area contributed by atoms with E-state index >= 15 is 0 Å². The maximum Gasteiger partial charge on any atom is 0.185 e. The van der Waals surface area contributed by atoms with Crippen molar-refractivity contribution in [3.05, 3.63) is 12.0 Å². The number of hydrogen-bond donors (Lipinski definition) is 3. The average Bonchev–Trinajstić information content (AvgIpc) is 1.88. The minimum atomic E-state index is 0.0541. The third kappa shape index (κ3) is 3.95. The fourth-order valence-corrected chi connectivity index (χ4v) is 0.579. The summed E-state index contributed by atoms with van der Waals surface area (Å²) in [5, 5.41) is 18.6. The molecule has 0 spiro atoms. The van der Waals surface area contributed by atoms with E-state index in [1.807, 2.05) is 6.92 Å². The molecule has 0 heterocycles. The average molecular weight is 142 g/mol. The minimum absolute atomic E-state index is 0.0541. The number of allylic oxidation sites excluding steroid dienone is 1. The zero-order valence-electron chi connectivity index (χ0n) is 6.44. The van der Waals surface area contributed by atoms with Crippen LogP contribution in [0.25, 0.3) is 0 Å². The lowest BCUT2D eigenvalue weighted by atomic mass is 10.2. The van der Waals surface area contributed by atoms with Crippen LogP contribution in [0.2, 0.25) is 0 Å². The lowest BCUT2D eigenvalue weighted by Crippen LogP contribution is -2.06. The highest BCUT2D eigenvalue weighted by Crippen LogP contribution is 1.92. The van der Waals surface area contributed by atoms with Crippen LogP contribution in [0.4, 0.5) is 0 Å². The maximum atomic E-state index is 8.86. The van der Waals surface area contributed by atoms with Crippen LogP contribution in [0, 0.1) is 5.41 Å². The molecule has 58 valence electrons. The molecule has 0 aromatic rings. The van der Waals surface area contributed by atoms with Gasteiger partial charge in [0.05, 0.1) is 0 Å². The van der Waals surface area contributed by atoms with Gasteiger partial charge in [0, 0.05) is 18.8 Å². The van der Waals surface area contributed by atoms with E-state index in [9.17, 15) is 0 Å². The highest BCUT2D eigenvalue weighted by Gasteiger charge is 1.91. The molecule has 0 unspecified atom stereocenters. The Hall–Kier alpha value is -0.990. The molecule has 3 heteroatoms. The zero-order chi connectivity index (χ0) is 7.98. The summed E-state index contributed by atoms with van der Waals surface area (Å²) in [5.41, 5.74) is 0.453. The molecule has 0 aliphatic heterocycles. The monoisotopic (exact) mass is 142 g/mol. The van der Waals surface area contributed by atoms with Gasteiger partial charge in [0.25, 0.3) is 0 Å². The third-order valence-corrected chi connectivity index (χ3v) is 1.09. The molecular formula is C7H14N2O. The van der Waals surface area contributed by atoms with Crippen LogP contribution < -0.4 is 5.32 Å². The van der Waals surface area contributed by atoms with E-state index in [-0.39, 0.29) is 5.88 Å². The lowest BCUT2D eigenvalue weighted by Gasteiger charge is -1.97. The van der Waals surface area contributed by atoms with Crippen LogP contribution in [0.1, 0.15) is 19.8 Å². The Kier molecular flexibility index (Phi) is 4.37. The number of hydrogen-bond acceptors (Lipinski definition) is 3. The van der Waals surface area contributed by atoms with Gasteiger partial charge in [-0.25, -0.2) is 0 Å². The van der Waals surface area contributed by atoms with Gasteiger partial charge in [-0.1, -0.05) is 13.3 Å². The Balaban J connectivity index is 3.75. The summed E-state index contributed by atoms with van der Waals surface area (Å²) >= 11 is 0. The largest absolute Gasteiger partial charge is 0.495 e. The number of aliphatic hydroxyl groups is 1. The van der Waals surface area contributed by atoms with Crippen molar-refractivity contribution in [3.63, 3.8) is 0 Å². The molecule has 3 nitrogen and oxygen atoms in total. The predicted octanol–water partition coefficient (Wildman–Crippen LogP) is 1.43. The molecule has 0 saturated heterocycles. The summed E-state index contributed by atoms with van der Waals surface area (Å²) in [7, 11) is 1.62. The van der Waals surface area contributed by atoms with E-state index in [0.717, 1.165) is 6.42 Å². The first-order valence-electron chi connectivity index (χ1n) is 3.36. The van der Waals surface area contributed by atoms with Gasteiger partial charge in [-0.2, -0.15) is 0 Å². The van der Waals surface area contributed by atoms with E-state index in [0.29, 0.717) is 12.1 Å². The van der Waals surface area contributed by atoms with E-state index in [1.54, 1.807) is 7.05 Å². The SMILES string of the molecule is CCCC(=N)/C=C(/O)NC. The van der Waals surface area contributed by atoms with Gasteiger partial charge in [0.1, 0.15) is 0 Å². The molecule has 0 atom stereocenters. The van der Waals surface area contributed by atoms with E-state index in [4.69, 9.17) is 10.5 Å². The molecule has 0 amide bonds. The Labute approximate surface area is 61.3 Å². The minimum Gasteiger partial charge on any atom is -0.495 e. The quantitative estimate of drug-likeness (QED) is 0.411. The van der Waals surface area contributed by atoms with E-state index < -0.39 is 0 Å². The van der Waals surface area contributed by atoms with Crippen molar-refractivity contribution >= 4 is 5.71 Å². The topological polar surface area (TPSA) is 56.1 Å². The van der Waals surface area contributed by atoms with Crippen molar-refractivity contribution < 1.29 is 5.11 Å². The first-order valence-corrected chi connectivity index (χ1v) is 3.36. The van der Waals surface area contributed by atoms with Crippen LogP contribution in [0.3, 0.4) is 0 Å². The summed E-state index contributed by atoms with van der Waals surface area (Å²) in [6.45, 7) is 2.00. The Bertz CT molecular complexity index is 141. The summed E-state index contributed by atoms with van der Waals surface area (Å²) in [5.74, 6) is 0.0541. The molecule has 0 bridgehead atoms. The van der Waals surface area contributed by atoms with Crippen molar-refractivity contribution in [1.29, 1.82) is 5.41 Å². The van der Waals surface area contributed by atoms with Crippen LogP contribution in [0.15, 0.2) is 12.0 Å². The highest BCUT2D eigenvalue weighted by molar-refractivity contribution is 5.92. The summed E-state index contributed by atoms with van der Waals surface area (Å²) in [6.07, 6.45) is 3.07. The molecule has 0 aliphatic carbocycles. The first kappa shape index (κ1) is 9.01. The Morgan fingerprint density at radius 2 is 2.30 bits per heavy atom. The van der Waals surface area contributed by atoms with Gasteiger partial charge in [0.2, 0.25) is 0 Å². The van der Waals surface area contributed by atoms with Crippen molar-refractivity contribution in [2.24, 2.45) is 0 Å². The molecule has 0 aromatic carbocycles. The van der Waals surface area contributed by atoms with Gasteiger partial charge < -0.3 is 15.8 Å². The second kappa shape index (κ2) is 4.85. The molecule has 0 saturated carbocycles. The second-order valence-electron chi connectivity index (χ2n) is 2.05. The van der Waals surface area contributed by atoms with E-state index in [2.05, 4.69) is 5.32 Å². The Morgan fingerprint density at radius 1 is 1.70 bits per heavy atom. The normalized spacial score (nSPS) is 11.2. The van der Waals surface area contributed by atoms with Gasteiger partial charge >= 0.3 is 0 Å². The van der Waals surface area contributed by atoms with Crippen LogP contribution in [-0.2, 0) is 0 Å². The maximum absolute atomic E-state index is 8.86. The molecule has 0 radical (unpaired) electrons. The molecular weight excluding hydrogens is 128 g/mol. The fraction of sp³-hybridized carbons (Fsp3) is 0.571. The molecule has 0 rings (SSSR count). The lowest BCUT2D eigenvalue weighted by molar-refractivity contribution is 0.377. The van der Waals surface area contributed by atoms with Crippen LogP contribution in [0.5, 0.6) is 0 Å². The smallest absolute Gasteiger partial charge is 0.185 e. The van der Waals surface area contributed by atoms with Gasteiger partial charge in [0.15, 0.2) is 5.88 Å². The predicted molar refractivity (Wildman–Crippen MR) is 42.4 cm³/mol. The number of nitrogens with one attached hydrogen (secondary N) is 2. The third-order valence-electron chi connectivity index (χ3n) is 1.09. The van der Waals surface area contributed by atoms with Gasteiger partial charge in [-0.05, 0) is 6.42 Å². The standard InChI is InChI=1S/C7H14N2O/c1-3-4-6(8)5-7(10)9-2/h5,8-10H,3-4H2,1-2H3/b7-5+,8-6?. The summed E-state index contributed by atoms with van der Waals surface area (Å²) in [4.78, 5) is 0. The van der Waals surface area contributed by atoms with Crippen molar-refractivity contribution in [3.8, 4) is 0 Å². The molecule has 0 aliphatic rings. The molecule has 0 aromatic heterocycles. The second-order valence-corrected chi connectivity index (χ2v) is 2.05. The Morgan fingerprint density at radius 3 is 2.70 bits per heavy atom. The fourth-order valence-electron chi connectivity index (χ4n) is 0.579. The van der Waals surface area contributed by atoms with E-state index in [1.165, 1.54) is 6.08 Å². The van der Waals surface area contributed by atoms with Crippen molar-refractivity contribution in [1.82, 2.24) is 5.32 Å². The number of rotatable bonds is 4. The zero-order valence-corrected chi connectivity index (χ0v) is 6.44. The van der Waals surface area contributed by atoms with Crippen LogP contribution >= 0.6 is 0 Å². The van der Waals surface area contributed by atoms with Crippen molar-refractivity contribution in [2.45, 2.75) is 19.8 Å². The van der Waals surface area contributed by atoms with Gasteiger partial charge in [-0.15, -0.1) is 0 Å². The molecule has 3 N–H and O–H groups in total. The van der Waals surface area contributed by atoms with Gasteiger partial charge in [-0.3, -0.25) is 0 Å². The molecule has 0 fully saturated rings. The van der Waals surface area contributed by atoms with Crippen molar-refractivity contribution in [2.75, 3.05) is 7.05 Å².